The summed E-state index contributed by atoms with van der Waals surface area (Å²) in [5.74, 6) is -0.295. The lowest BCUT2D eigenvalue weighted by atomic mass is 10.0. The van der Waals surface area contributed by atoms with Crippen LogP contribution in [-0.4, -0.2) is 25.8 Å². The van der Waals surface area contributed by atoms with Gasteiger partial charge in [-0.2, -0.15) is 14.8 Å². The first-order valence-electron chi connectivity index (χ1n) is 6.08. The normalized spacial score (nSPS) is 20.1. The van der Waals surface area contributed by atoms with Gasteiger partial charge in [-0.05, 0) is 31.0 Å². The first-order chi connectivity index (χ1) is 9.48. The van der Waals surface area contributed by atoms with Gasteiger partial charge < -0.3 is 0 Å². The molecule has 1 aromatic carbocycles. The highest BCUT2D eigenvalue weighted by Gasteiger charge is 2.31. The van der Waals surface area contributed by atoms with Crippen LogP contribution >= 0.6 is 11.6 Å². The highest BCUT2D eigenvalue weighted by atomic mass is 35.5. The molecule has 1 aliphatic heterocycles. The van der Waals surface area contributed by atoms with Crippen LogP contribution in [0.25, 0.3) is 0 Å². The molecule has 1 unspecified atom stereocenters. The number of nitriles is 2. The summed E-state index contributed by atoms with van der Waals surface area (Å²) in [5.41, 5.74) is 0.238. The van der Waals surface area contributed by atoms with E-state index in [-0.39, 0.29) is 27.9 Å². The van der Waals surface area contributed by atoms with Gasteiger partial charge in [-0.15, -0.1) is 0 Å². The molecule has 1 aromatic rings. The van der Waals surface area contributed by atoms with E-state index in [0.717, 1.165) is 0 Å². The maximum absolute atomic E-state index is 12.6. The maximum atomic E-state index is 12.6. The van der Waals surface area contributed by atoms with E-state index in [0.29, 0.717) is 19.4 Å². The van der Waals surface area contributed by atoms with Gasteiger partial charge in [0.25, 0.3) is 0 Å². The molecular weight excluding hydrogens is 298 g/mol. The molecule has 0 saturated carbocycles. The monoisotopic (exact) mass is 309 g/mol. The summed E-state index contributed by atoms with van der Waals surface area (Å²) in [5, 5.41) is 17.9. The third-order valence-electron chi connectivity index (χ3n) is 3.24. The van der Waals surface area contributed by atoms with Crippen molar-refractivity contribution in [1.29, 1.82) is 10.5 Å². The molecule has 1 atom stereocenters. The number of nitrogens with zero attached hydrogens (tertiary/aromatic N) is 3. The fraction of sp³-hybridized carbons (Fsp3) is 0.385. The zero-order valence-electron chi connectivity index (χ0n) is 10.6. The summed E-state index contributed by atoms with van der Waals surface area (Å²) in [4.78, 5) is -0.0724. The second kappa shape index (κ2) is 5.80. The van der Waals surface area contributed by atoms with E-state index in [9.17, 15) is 8.42 Å². The molecule has 0 spiro atoms. The van der Waals surface area contributed by atoms with Crippen LogP contribution in [0.2, 0.25) is 5.02 Å². The zero-order chi connectivity index (χ0) is 14.8. The Hall–Kier alpha value is -1.60. The first-order valence-corrected chi connectivity index (χ1v) is 7.90. The third-order valence-corrected chi connectivity index (χ3v) is 5.59. The fourth-order valence-electron chi connectivity index (χ4n) is 2.18. The van der Waals surface area contributed by atoms with Crippen molar-refractivity contribution in [1.82, 2.24) is 4.31 Å². The first kappa shape index (κ1) is 14.8. The number of benzene rings is 1. The molecule has 104 valence electrons. The number of rotatable bonds is 2. The van der Waals surface area contributed by atoms with E-state index in [1.54, 1.807) is 0 Å². The van der Waals surface area contributed by atoms with E-state index in [1.165, 1.54) is 22.5 Å². The minimum Gasteiger partial charge on any atom is -0.207 e. The van der Waals surface area contributed by atoms with Gasteiger partial charge in [0, 0.05) is 13.1 Å². The quantitative estimate of drug-likeness (QED) is 0.837. The molecule has 0 radical (unpaired) electrons. The van der Waals surface area contributed by atoms with Crippen molar-refractivity contribution in [3.63, 3.8) is 0 Å². The van der Waals surface area contributed by atoms with E-state index in [1.807, 2.05) is 6.07 Å². The topological polar surface area (TPSA) is 85.0 Å². The molecular formula is C13H12ClN3O2S. The molecule has 0 amide bonds. The van der Waals surface area contributed by atoms with Crippen LogP contribution in [0.15, 0.2) is 23.1 Å². The number of hydrogen-bond donors (Lipinski definition) is 0. The van der Waals surface area contributed by atoms with Crippen LogP contribution in [0, 0.1) is 28.6 Å². The second-order valence-electron chi connectivity index (χ2n) is 4.59. The van der Waals surface area contributed by atoms with Crippen LogP contribution in [0.5, 0.6) is 0 Å². The minimum atomic E-state index is -3.77. The van der Waals surface area contributed by atoms with Crippen LogP contribution < -0.4 is 0 Å². The standard InChI is InChI=1S/C13H12ClN3O2S/c14-12-4-3-10(7-15)6-13(12)20(18,19)17-5-1-2-11(8-16)9-17/h3-4,6,11H,1-2,5,9H2. The van der Waals surface area contributed by atoms with Crippen molar-refractivity contribution in [3.8, 4) is 12.1 Å². The Labute approximate surface area is 123 Å². The van der Waals surface area contributed by atoms with Gasteiger partial charge in [-0.25, -0.2) is 8.42 Å². The van der Waals surface area contributed by atoms with Crippen LogP contribution in [0.4, 0.5) is 0 Å². The Bertz CT molecular complexity index is 703. The van der Waals surface area contributed by atoms with E-state index < -0.39 is 10.0 Å². The molecule has 2 rings (SSSR count). The number of hydrogen-bond acceptors (Lipinski definition) is 4. The summed E-state index contributed by atoms with van der Waals surface area (Å²) in [6, 6.07) is 8.14. The molecule has 0 N–H and O–H groups in total. The Kier molecular flexibility index (Phi) is 4.29. The summed E-state index contributed by atoms with van der Waals surface area (Å²) in [6.07, 6.45) is 1.35. The lowest BCUT2D eigenvalue weighted by Gasteiger charge is -2.29. The van der Waals surface area contributed by atoms with Crippen molar-refractivity contribution in [2.24, 2.45) is 5.92 Å². The van der Waals surface area contributed by atoms with E-state index in [4.69, 9.17) is 22.1 Å². The van der Waals surface area contributed by atoms with Crippen molar-refractivity contribution in [3.05, 3.63) is 28.8 Å². The molecule has 0 aromatic heterocycles. The second-order valence-corrected chi connectivity index (χ2v) is 6.90. The van der Waals surface area contributed by atoms with Crippen molar-refractivity contribution in [2.75, 3.05) is 13.1 Å². The molecule has 1 aliphatic rings. The summed E-state index contributed by atoms with van der Waals surface area (Å²) in [7, 11) is -3.77. The minimum absolute atomic E-state index is 0.0724. The SMILES string of the molecule is N#Cc1ccc(Cl)c(S(=O)(=O)N2CCCC(C#N)C2)c1. The van der Waals surface area contributed by atoms with Crippen molar-refractivity contribution >= 4 is 21.6 Å². The fourth-order valence-corrected chi connectivity index (χ4v) is 4.20. The van der Waals surface area contributed by atoms with Crippen LogP contribution in [0.3, 0.4) is 0 Å². The summed E-state index contributed by atoms with van der Waals surface area (Å²) < 4.78 is 26.4. The molecule has 7 heteroatoms. The van der Waals surface area contributed by atoms with Crippen LogP contribution in [0.1, 0.15) is 18.4 Å². The molecule has 5 nitrogen and oxygen atoms in total. The molecule has 20 heavy (non-hydrogen) atoms. The van der Waals surface area contributed by atoms with Gasteiger partial charge in [0.05, 0.1) is 28.6 Å². The largest absolute Gasteiger partial charge is 0.244 e. The third kappa shape index (κ3) is 2.78. The summed E-state index contributed by atoms with van der Waals surface area (Å²) >= 11 is 5.95. The Balaban J connectivity index is 2.41. The van der Waals surface area contributed by atoms with Gasteiger partial charge in [-0.3, -0.25) is 0 Å². The van der Waals surface area contributed by atoms with E-state index >= 15 is 0 Å². The van der Waals surface area contributed by atoms with E-state index in [2.05, 4.69) is 6.07 Å². The number of piperidine rings is 1. The summed E-state index contributed by atoms with van der Waals surface area (Å²) in [6.45, 7) is 0.541. The van der Waals surface area contributed by atoms with Crippen molar-refractivity contribution in [2.45, 2.75) is 17.7 Å². The average molecular weight is 310 g/mol. The van der Waals surface area contributed by atoms with Gasteiger partial charge in [0.15, 0.2) is 0 Å². The van der Waals surface area contributed by atoms with Gasteiger partial charge in [-0.1, -0.05) is 11.6 Å². The smallest absolute Gasteiger partial charge is 0.207 e. The molecule has 0 aliphatic carbocycles. The zero-order valence-corrected chi connectivity index (χ0v) is 12.2. The highest BCUT2D eigenvalue weighted by molar-refractivity contribution is 7.89. The number of sulfonamides is 1. The molecule has 1 fully saturated rings. The van der Waals surface area contributed by atoms with Gasteiger partial charge in [0.1, 0.15) is 4.90 Å². The lowest BCUT2D eigenvalue weighted by Crippen LogP contribution is -2.39. The Morgan fingerprint density at radius 1 is 1.35 bits per heavy atom. The predicted molar refractivity (Wildman–Crippen MR) is 73.3 cm³/mol. The average Bonchev–Trinajstić information content (AvgIpc) is 2.47. The van der Waals surface area contributed by atoms with Crippen molar-refractivity contribution < 1.29 is 8.42 Å². The Morgan fingerprint density at radius 2 is 2.10 bits per heavy atom. The maximum Gasteiger partial charge on any atom is 0.244 e. The van der Waals surface area contributed by atoms with Gasteiger partial charge in [0.2, 0.25) is 10.0 Å². The lowest BCUT2D eigenvalue weighted by molar-refractivity contribution is 0.305. The van der Waals surface area contributed by atoms with Gasteiger partial charge >= 0.3 is 0 Å². The molecule has 1 heterocycles. The predicted octanol–water partition coefficient (Wildman–Crippen LogP) is 2.14. The molecule has 1 saturated heterocycles. The highest BCUT2D eigenvalue weighted by Crippen LogP contribution is 2.28. The number of halogens is 1. The Morgan fingerprint density at radius 3 is 2.75 bits per heavy atom. The van der Waals surface area contributed by atoms with Crippen LogP contribution in [-0.2, 0) is 10.0 Å². The molecule has 0 bridgehead atoms.